The van der Waals surface area contributed by atoms with Crippen molar-refractivity contribution in [3.63, 3.8) is 0 Å². The highest BCUT2D eigenvalue weighted by Crippen LogP contribution is 2.25. The largest absolute Gasteiger partial charge is 0.495 e. The minimum atomic E-state index is -0.219. The monoisotopic (exact) mass is 299 g/mol. The number of methoxy groups -OCH3 is 1. The lowest BCUT2D eigenvalue weighted by atomic mass is 10.1. The number of amides is 1. The molecule has 2 aromatic carbocycles. The van der Waals surface area contributed by atoms with E-state index < -0.39 is 0 Å². The smallest absolute Gasteiger partial charge is 0.259 e. The first-order valence-electron chi connectivity index (χ1n) is 7.28. The number of nitrogens with one attached hydrogen (secondary N) is 1. The molecule has 0 spiro atoms. The molecule has 0 aliphatic rings. The quantitative estimate of drug-likeness (QED) is 0.877. The van der Waals surface area contributed by atoms with Gasteiger partial charge in [-0.05, 0) is 30.2 Å². The third-order valence-electron chi connectivity index (χ3n) is 3.06. The van der Waals surface area contributed by atoms with E-state index in [2.05, 4.69) is 19.2 Å². The first kappa shape index (κ1) is 15.9. The summed E-state index contributed by atoms with van der Waals surface area (Å²) in [6, 6.07) is 14.5. The van der Waals surface area contributed by atoms with E-state index in [1.165, 1.54) is 0 Å². The maximum absolute atomic E-state index is 12.5. The van der Waals surface area contributed by atoms with E-state index in [9.17, 15) is 4.79 Å². The summed E-state index contributed by atoms with van der Waals surface area (Å²) in [7, 11) is 1.57. The summed E-state index contributed by atoms with van der Waals surface area (Å²) >= 11 is 0. The third kappa shape index (κ3) is 4.01. The molecule has 4 nitrogen and oxygen atoms in total. The zero-order chi connectivity index (χ0) is 15.9. The van der Waals surface area contributed by atoms with Crippen molar-refractivity contribution >= 4 is 11.6 Å². The van der Waals surface area contributed by atoms with E-state index in [-0.39, 0.29) is 5.91 Å². The topological polar surface area (TPSA) is 47.6 Å². The molecule has 1 N–H and O–H groups in total. The molecule has 116 valence electrons. The van der Waals surface area contributed by atoms with Crippen LogP contribution in [0.15, 0.2) is 48.5 Å². The van der Waals surface area contributed by atoms with Gasteiger partial charge < -0.3 is 14.8 Å². The van der Waals surface area contributed by atoms with Crippen LogP contribution < -0.4 is 14.8 Å². The number of anilines is 1. The van der Waals surface area contributed by atoms with Crippen LogP contribution in [0.1, 0.15) is 24.2 Å². The van der Waals surface area contributed by atoms with Gasteiger partial charge in [0, 0.05) is 0 Å². The van der Waals surface area contributed by atoms with Crippen molar-refractivity contribution in [1.82, 2.24) is 0 Å². The summed E-state index contributed by atoms with van der Waals surface area (Å²) in [5.74, 6) is 1.38. The van der Waals surface area contributed by atoms with E-state index in [1.54, 1.807) is 31.4 Å². The van der Waals surface area contributed by atoms with Gasteiger partial charge in [-0.2, -0.15) is 0 Å². The maximum atomic E-state index is 12.5. The first-order chi connectivity index (χ1) is 10.6. The molecule has 0 saturated heterocycles. The highest BCUT2D eigenvalue weighted by Gasteiger charge is 2.14. The van der Waals surface area contributed by atoms with Crippen molar-refractivity contribution in [3.05, 3.63) is 54.1 Å². The van der Waals surface area contributed by atoms with Gasteiger partial charge >= 0.3 is 0 Å². The van der Waals surface area contributed by atoms with Crippen LogP contribution in [0.5, 0.6) is 11.5 Å². The Morgan fingerprint density at radius 1 is 1.05 bits per heavy atom. The van der Waals surface area contributed by atoms with E-state index >= 15 is 0 Å². The summed E-state index contributed by atoms with van der Waals surface area (Å²) in [4.78, 5) is 12.5. The van der Waals surface area contributed by atoms with E-state index in [4.69, 9.17) is 9.47 Å². The Bertz CT molecular complexity index is 638. The Labute approximate surface area is 131 Å². The first-order valence-corrected chi connectivity index (χ1v) is 7.28. The van der Waals surface area contributed by atoms with Crippen LogP contribution in [0.25, 0.3) is 0 Å². The molecule has 0 aliphatic carbocycles. The predicted octanol–water partition coefficient (Wildman–Crippen LogP) is 3.98. The Hall–Kier alpha value is -2.49. The minimum absolute atomic E-state index is 0.219. The molecule has 0 atom stereocenters. The molecule has 22 heavy (non-hydrogen) atoms. The van der Waals surface area contributed by atoms with Crippen molar-refractivity contribution in [2.75, 3.05) is 19.0 Å². The van der Waals surface area contributed by atoms with Crippen LogP contribution >= 0.6 is 0 Å². The summed E-state index contributed by atoms with van der Waals surface area (Å²) in [6.07, 6.45) is 0. The van der Waals surface area contributed by atoms with Crippen molar-refractivity contribution in [3.8, 4) is 11.5 Å². The molecule has 0 unspecified atom stereocenters. The normalized spacial score (nSPS) is 10.4. The second-order valence-corrected chi connectivity index (χ2v) is 5.36. The van der Waals surface area contributed by atoms with Gasteiger partial charge in [-0.15, -0.1) is 0 Å². The zero-order valence-electron chi connectivity index (χ0n) is 13.1. The number of hydrogen-bond acceptors (Lipinski definition) is 3. The van der Waals surface area contributed by atoms with Crippen LogP contribution in [0.3, 0.4) is 0 Å². The molecule has 0 aromatic heterocycles. The molecular weight excluding hydrogens is 278 g/mol. The number of ether oxygens (including phenoxy) is 2. The molecule has 0 heterocycles. The lowest BCUT2D eigenvalue weighted by Crippen LogP contribution is -2.15. The number of rotatable bonds is 6. The summed E-state index contributed by atoms with van der Waals surface area (Å²) in [6.45, 7) is 4.70. The van der Waals surface area contributed by atoms with Crippen LogP contribution in [0.2, 0.25) is 0 Å². The Morgan fingerprint density at radius 2 is 1.68 bits per heavy atom. The molecule has 0 fully saturated rings. The second-order valence-electron chi connectivity index (χ2n) is 5.36. The molecule has 0 radical (unpaired) electrons. The number of benzene rings is 2. The lowest BCUT2D eigenvalue weighted by molar-refractivity contribution is 0.102. The number of hydrogen-bond donors (Lipinski definition) is 1. The maximum Gasteiger partial charge on any atom is 0.259 e. The van der Waals surface area contributed by atoms with Gasteiger partial charge in [-0.25, -0.2) is 0 Å². The number of carbonyl (C=O) groups is 1. The van der Waals surface area contributed by atoms with Crippen LogP contribution in [-0.2, 0) is 0 Å². The zero-order valence-corrected chi connectivity index (χ0v) is 13.1. The van der Waals surface area contributed by atoms with Gasteiger partial charge in [0.25, 0.3) is 5.91 Å². The van der Waals surface area contributed by atoms with Crippen molar-refractivity contribution < 1.29 is 14.3 Å². The molecule has 2 rings (SSSR count). The summed E-state index contributed by atoms with van der Waals surface area (Å²) < 4.78 is 11.0. The lowest BCUT2D eigenvalue weighted by Gasteiger charge is -2.14. The van der Waals surface area contributed by atoms with Crippen LogP contribution in [0.4, 0.5) is 5.69 Å². The van der Waals surface area contributed by atoms with Gasteiger partial charge in [-0.1, -0.05) is 38.1 Å². The molecule has 0 aliphatic heterocycles. The Morgan fingerprint density at radius 3 is 2.36 bits per heavy atom. The molecule has 1 amide bonds. The van der Waals surface area contributed by atoms with Gasteiger partial charge in [0.05, 0.1) is 25.0 Å². The average Bonchev–Trinajstić information content (AvgIpc) is 2.53. The van der Waals surface area contributed by atoms with Crippen molar-refractivity contribution in [1.29, 1.82) is 0 Å². The fourth-order valence-electron chi connectivity index (χ4n) is 1.97. The van der Waals surface area contributed by atoms with Crippen LogP contribution in [0, 0.1) is 5.92 Å². The molecular formula is C18H21NO3. The van der Waals surface area contributed by atoms with E-state index in [0.29, 0.717) is 35.3 Å². The number of carbonyl (C=O) groups excluding carboxylic acids is 1. The molecule has 0 saturated carbocycles. The van der Waals surface area contributed by atoms with Crippen molar-refractivity contribution in [2.45, 2.75) is 13.8 Å². The SMILES string of the molecule is COc1ccccc1NC(=O)c1ccccc1OCC(C)C. The summed E-state index contributed by atoms with van der Waals surface area (Å²) in [5, 5.41) is 2.86. The van der Waals surface area contributed by atoms with E-state index in [0.717, 1.165) is 0 Å². The summed E-state index contributed by atoms with van der Waals surface area (Å²) in [5.41, 5.74) is 1.14. The van der Waals surface area contributed by atoms with Gasteiger partial charge in [0.1, 0.15) is 11.5 Å². The number of para-hydroxylation sites is 3. The Balaban J connectivity index is 2.19. The van der Waals surface area contributed by atoms with Gasteiger partial charge in [0.15, 0.2) is 0 Å². The third-order valence-corrected chi connectivity index (χ3v) is 3.06. The minimum Gasteiger partial charge on any atom is -0.495 e. The fourth-order valence-corrected chi connectivity index (χ4v) is 1.97. The molecule has 2 aromatic rings. The Kier molecular flexibility index (Phi) is 5.42. The molecule has 4 heteroatoms. The van der Waals surface area contributed by atoms with Crippen LogP contribution in [-0.4, -0.2) is 19.6 Å². The van der Waals surface area contributed by atoms with Crippen molar-refractivity contribution in [2.24, 2.45) is 5.92 Å². The van der Waals surface area contributed by atoms with Gasteiger partial charge in [-0.3, -0.25) is 4.79 Å². The fraction of sp³-hybridized carbons (Fsp3) is 0.278. The predicted molar refractivity (Wildman–Crippen MR) is 87.7 cm³/mol. The highest BCUT2D eigenvalue weighted by atomic mass is 16.5. The molecule has 0 bridgehead atoms. The van der Waals surface area contributed by atoms with Gasteiger partial charge in [0.2, 0.25) is 0 Å². The second kappa shape index (κ2) is 7.50. The average molecular weight is 299 g/mol. The highest BCUT2D eigenvalue weighted by molar-refractivity contribution is 6.06. The standard InChI is InChI=1S/C18H21NO3/c1-13(2)12-22-16-10-6-4-8-14(16)18(20)19-15-9-5-7-11-17(15)21-3/h4-11,13H,12H2,1-3H3,(H,19,20). The van der Waals surface area contributed by atoms with E-state index in [1.807, 2.05) is 24.3 Å².